The van der Waals surface area contributed by atoms with Gasteiger partial charge in [-0.3, -0.25) is 9.59 Å². The molecular weight excluding hydrogens is 339 g/mol. The van der Waals surface area contributed by atoms with Gasteiger partial charge in [0.2, 0.25) is 11.8 Å². The maximum atomic E-state index is 13.4. The van der Waals surface area contributed by atoms with E-state index in [-0.39, 0.29) is 36.7 Å². The van der Waals surface area contributed by atoms with Crippen molar-refractivity contribution in [1.29, 1.82) is 0 Å². The monoisotopic (exact) mass is 359 g/mol. The lowest BCUT2D eigenvalue weighted by Gasteiger charge is -2.40. The summed E-state index contributed by atoms with van der Waals surface area (Å²) in [5.74, 6) is -0.951. The van der Waals surface area contributed by atoms with Gasteiger partial charge in [-0.15, -0.1) is 0 Å². The normalized spacial score (nSPS) is 21.0. The molecule has 0 saturated carbocycles. The number of carbonyl (C=O) groups is 2. The third-order valence-electron chi connectivity index (χ3n) is 4.01. The van der Waals surface area contributed by atoms with Gasteiger partial charge in [-0.1, -0.05) is 0 Å². The van der Waals surface area contributed by atoms with Gasteiger partial charge in [0, 0.05) is 36.8 Å². The number of aryl methyl sites for hydroxylation is 1. The van der Waals surface area contributed by atoms with E-state index in [0.717, 1.165) is 4.90 Å². The summed E-state index contributed by atoms with van der Waals surface area (Å²) >= 11 is 0. The third kappa shape index (κ3) is 4.61. The summed E-state index contributed by atoms with van der Waals surface area (Å²) in [5.41, 5.74) is 0.531. The fourth-order valence-electron chi connectivity index (χ4n) is 2.97. The Balaban J connectivity index is 2.33. The molecular formula is C16H20F3N3O3. The highest BCUT2D eigenvalue weighted by Gasteiger charge is 2.48. The molecule has 1 aliphatic rings. The van der Waals surface area contributed by atoms with Gasteiger partial charge >= 0.3 is 6.18 Å². The first-order chi connectivity index (χ1) is 11.6. The quantitative estimate of drug-likeness (QED) is 0.897. The van der Waals surface area contributed by atoms with Crippen LogP contribution in [0.5, 0.6) is 5.88 Å². The van der Waals surface area contributed by atoms with Crippen molar-refractivity contribution >= 4 is 11.8 Å². The zero-order valence-electron chi connectivity index (χ0n) is 14.2. The Kier molecular flexibility index (Phi) is 5.54. The fraction of sp³-hybridized carbons (Fsp3) is 0.562. The second-order valence-corrected chi connectivity index (χ2v) is 6.03. The van der Waals surface area contributed by atoms with Crippen LogP contribution in [0.15, 0.2) is 12.1 Å². The number of halogens is 3. The molecule has 2 amide bonds. The molecule has 0 spiro atoms. The first kappa shape index (κ1) is 19.0. The lowest BCUT2D eigenvalue weighted by atomic mass is 9.96. The number of carbonyl (C=O) groups excluding carboxylic acids is 2. The van der Waals surface area contributed by atoms with Crippen molar-refractivity contribution in [3.63, 3.8) is 0 Å². The van der Waals surface area contributed by atoms with Crippen molar-refractivity contribution < 1.29 is 27.5 Å². The molecule has 2 atom stereocenters. The smallest absolute Gasteiger partial charge is 0.408 e. The van der Waals surface area contributed by atoms with Crippen LogP contribution in [0.1, 0.15) is 35.8 Å². The molecule has 25 heavy (non-hydrogen) atoms. The predicted molar refractivity (Wildman–Crippen MR) is 83.2 cm³/mol. The summed E-state index contributed by atoms with van der Waals surface area (Å²) in [6.07, 6.45) is -4.64. The summed E-state index contributed by atoms with van der Waals surface area (Å²) in [6.45, 7) is 2.71. The molecule has 0 bridgehead atoms. The Morgan fingerprint density at radius 1 is 1.32 bits per heavy atom. The van der Waals surface area contributed by atoms with Crippen LogP contribution >= 0.6 is 0 Å². The van der Waals surface area contributed by atoms with Crippen LogP contribution in [0.2, 0.25) is 0 Å². The van der Waals surface area contributed by atoms with E-state index < -0.39 is 24.2 Å². The Labute approximate surface area is 143 Å². The summed E-state index contributed by atoms with van der Waals surface area (Å²) < 4.78 is 45.1. The number of nitrogens with zero attached hydrogens (tertiary/aromatic N) is 2. The van der Waals surface area contributed by atoms with E-state index in [1.807, 2.05) is 0 Å². The number of alkyl halides is 3. The van der Waals surface area contributed by atoms with E-state index in [0.29, 0.717) is 5.69 Å². The Morgan fingerprint density at radius 3 is 2.56 bits per heavy atom. The molecule has 0 aromatic carbocycles. The van der Waals surface area contributed by atoms with E-state index in [2.05, 4.69) is 10.3 Å². The van der Waals surface area contributed by atoms with Gasteiger partial charge in [0.25, 0.3) is 5.91 Å². The minimum Gasteiger partial charge on any atom is -0.481 e. The number of ether oxygens (including phenoxy) is 1. The highest BCUT2D eigenvalue weighted by Crippen LogP contribution is 2.33. The van der Waals surface area contributed by atoms with Crippen molar-refractivity contribution in [1.82, 2.24) is 15.2 Å². The van der Waals surface area contributed by atoms with Crippen LogP contribution < -0.4 is 10.1 Å². The number of methoxy groups -OCH3 is 1. The molecule has 1 aromatic heterocycles. The Hall–Kier alpha value is -2.32. The van der Waals surface area contributed by atoms with E-state index in [1.54, 1.807) is 6.92 Å². The number of rotatable bonds is 3. The molecule has 0 aliphatic carbocycles. The highest BCUT2D eigenvalue weighted by atomic mass is 19.4. The maximum Gasteiger partial charge on any atom is 0.408 e. The maximum absolute atomic E-state index is 13.4. The zero-order chi connectivity index (χ0) is 18.8. The van der Waals surface area contributed by atoms with Crippen molar-refractivity contribution in [3.05, 3.63) is 23.4 Å². The first-order valence-electron chi connectivity index (χ1n) is 7.79. The average molecular weight is 359 g/mol. The van der Waals surface area contributed by atoms with Crippen LogP contribution in [0.25, 0.3) is 0 Å². The topological polar surface area (TPSA) is 71.5 Å². The van der Waals surface area contributed by atoms with Crippen LogP contribution in [-0.4, -0.2) is 53.6 Å². The third-order valence-corrected chi connectivity index (χ3v) is 4.01. The van der Waals surface area contributed by atoms with Gasteiger partial charge < -0.3 is 15.0 Å². The van der Waals surface area contributed by atoms with Crippen LogP contribution in [-0.2, 0) is 4.79 Å². The number of pyridine rings is 1. The molecule has 0 radical (unpaired) electrons. The fourth-order valence-corrected chi connectivity index (χ4v) is 2.97. The van der Waals surface area contributed by atoms with Crippen LogP contribution in [0.4, 0.5) is 13.2 Å². The van der Waals surface area contributed by atoms with Crippen molar-refractivity contribution in [2.75, 3.05) is 13.7 Å². The van der Waals surface area contributed by atoms with E-state index in [4.69, 9.17) is 4.74 Å². The highest BCUT2D eigenvalue weighted by molar-refractivity contribution is 5.95. The molecule has 1 fully saturated rings. The largest absolute Gasteiger partial charge is 0.481 e. The number of likely N-dealkylation sites (tertiary alicyclic amines) is 1. The summed E-state index contributed by atoms with van der Waals surface area (Å²) in [5, 5.41) is 2.59. The average Bonchev–Trinajstić information content (AvgIpc) is 2.51. The molecule has 6 nitrogen and oxygen atoms in total. The van der Waals surface area contributed by atoms with Gasteiger partial charge in [-0.05, 0) is 25.8 Å². The summed E-state index contributed by atoms with van der Waals surface area (Å²) in [6, 6.07) is 0.333. The number of nitrogens with one attached hydrogen (secondary N) is 1. The molecule has 2 rings (SSSR count). The second kappa shape index (κ2) is 7.28. The molecule has 9 heteroatoms. The SMILES string of the molecule is COc1cc(C(=O)N2C[C@@H](NC(C)=O)CC[C@@H]2C(F)(F)F)cc(C)n1. The van der Waals surface area contributed by atoms with E-state index in [9.17, 15) is 22.8 Å². The van der Waals surface area contributed by atoms with Crippen molar-refractivity contribution in [2.24, 2.45) is 0 Å². The summed E-state index contributed by atoms with van der Waals surface area (Å²) in [4.78, 5) is 28.7. The lowest BCUT2D eigenvalue weighted by Crippen LogP contribution is -2.58. The molecule has 1 aliphatic heterocycles. The van der Waals surface area contributed by atoms with Crippen LogP contribution in [0, 0.1) is 6.92 Å². The standard InChI is InChI=1S/C16H20F3N3O3/c1-9-6-11(7-14(20-9)25-3)15(24)22-8-12(21-10(2)23)4-5-13(22)16(17,18)19/h6-7,12-13H,4-5,8H2,1-3H3,(H,21,23)/t12-,13+/m0/s1. The van der Waals surface area contributed by atoms with Gasteiger partial charge in [-0.25, -0.2) is 4.98 Å². The number of hydrogen-bond acceptors (Lipinski definition) is 4. The Morgan fingerprint density at radius 2 is 2.00 bits per heavy atom. The van der Waals surface area contributed by atoms with Gasteiger partial charge in [0.1, 0.15) is 6.04 Å². The molecule has 1 N–H and O–H groups in total. The number of aromatic nitrogens is 1. The predicted octanol–water partition coefficient (Wildman–Crippen LogP) is 2.07. The Bertz CT molecular complexity index is 664. The minimum absolute atomic E-state index is 0.0714. The zero-order valence-corrected chi connectivity index (χ0v) is 14.2. The first-order valence-corrected chi connectivity index (χ1v) is 7.79. The van der Waals surface area contributed by atoms with Crippen molar-refractivity contribution in [3.8, 4) is 5.88 Å². The molecule has 0 unspecified atom stereocenters. The van der Waals surface area contributed by atoms with Crippen molar-refractivity contribution in [2.45, 2.75) is 44.9 Å². The van der Waals surface area contributed by atoms with E-state index in [1.165, 1.54) is 26.2 Å². The molecule has 138 valence electrons. The number of hydrogen-bond donors (Lipinski definition) is 1. The number of piperidine rings is 1. The molecule has 2 heterocycles. The minimum atomic E-state index is -4.54. The van der Waals surface area contributed by atoms with Gasteiger partial charge in [0.15, 0.2) is 0 Å². The van der Waals surface area contributed by atoms with Gasteiger partial charge in [0.05, 0.1) is 7.11 Å². The molecule has 1 saturated heterocycles. The molecule has 1 aromatic rings. The number of amides is 2. The lowest BCUT2D eigenvalue weighted by molar-refractivity contribution is -0.184. The summed E-state index contributed by atoms with van der Waals surface area (Å²) in [7, 11) is 1.36. The van der Waals surface area contributed by atoms with E-state index >= 15 is 0 Å². The second-order valence-electron chi connectivity index (χ2n) is 6.03. The van der Waals surface area contributed by atoms with Gasteiger partial charge in [-0.2, -0.15) is 13.2 Å². The van der Waals surface area contributed by atoms with Crippen LogP contribution in [0.3, 0.4) is 0 Å².